The van der Waals surface area contributed by atoms with Gasteiger partial charge in [0, 0.05) is 30.7 Å². The smallest absolute Gasteiger partial charge is 0.270 e. The standard InChI is InChI=1S/C19H19N5O4S4/c1-32(27,28)11-4-2-3-9-23-17(15-6-5-10-29-15)21-22-18(23)31-19-20-14-8-7-13(24(25)26)12-16(14)30-19/h5-8,10,12H,2-4,9,11H2,1H3. The molecule has 1 aromatic carbocycles. The molecule has 0 saturated heterocycles. The van der Waals surface area contributed by atoms with E-state index in [2.05, 4.69) is 15.2 Å². The third kappa shape index (κ3) is 5.52. The monoisotopic (exact) mass is 509 g/mol. The zero-order chi connectivity index (χ0) is 22.7. The zero-order valence-electron chi connectivity index (χ0n) is 17.0. The van der Waals surface area contributed by atoms with E-state index in [1.165, 1.54) is 41.5 Å². The summed E-state index contributed by atoms with van der Waals surface area (Å²) in [5, 5.41) is 22.4. The van der Waals surface area contributed by atoms with Crippen molar-refractivity contribution in [2.75, 3.05) is 12.0 Å². The van der Waals surface area contributed by atoms with Crippen LogP contribution in [0.2, 0.25) is 0 Å². The lowest BCUT2D eigenvalue weighted by atomic mass is 10.2. The third-order valence-electron chi connectivity index (χ3n) is 4.60. The van der Waals surface area contributed by atoms with Gasteiger partial charge in [0.25, 0.3) is 5.69 Å². The second kappa shape index (κ2) is 9.65. The molecular weight excluding hydrogens is 491 g/mol. The first kappa shape index (κ1) is 22.8. The van der Waals surface area contributed by atoms with E-state index in [1.807, 2.05) is 22.1 Å². The first-order chi connectivity index (χ1) is 15.3. The molecule has 168 valence electrons. The number of unbranched alkanes of at least 4 members (excludes halogenated alkanes) is 2. The van der Waals surface area contributed by atoms with E-state index in [1.54, 1.807) is 17.4 Å². The number of benzene rings is 1. The second-order valence-corrected chi connectivity index (χ2v) is 12.6. The molecule has 13 heteroatoms. The second-order valence-electron chi connectivity index (χ2n) is 7.12. The SMILES string of the molecule is CS(=O)(=O)CCCCCn1c(Sc2nc3ccc([N+](=O)[O-])cc3s2)nnc1-c1cccs1. The third-order valence-corrected chi connectivity index (χ3v) is 8.56. The number of hydrogen-bond donors (Lipinski definition) is 0. The van der Waals surface area contributed by atoms with Crippen LogP contribution in [0.5, 0.6) is 0 Å². The van der Waals surface area contributed by atoms with Gasteiger partial charge in [-0.3, -0.25) is 10.1 Å². The number of nitro benzene ring substituents is 1. The Morgan fingerprint density at radius 2 is 2.03 bits per heavy atom. The summed E-state index contributed by atoms with van der Waals surface area (Å²) in [4.78, 5) is 16.2. The molecule has 4 rings (SSSR count). The maximum Gasteiger partial charge on any atom is 0.270 e. The molecule has 0 N–H and O–H groups in total. The molecule has 0 aliphatic heterocycles. The normalized spacial score (nSPS) is 11.9. The number of nitro groups is 1. The molecule has 0 radical (unpaired) electrons. The van der Waals surface area contributed by atoms with E-state index < -0.39 is 14.8 Å². The highest BCUT2D eigenvalue weighted by Gasteiger charge is 2.18. The number of non-ortho nitro benzene ring substituents is 1. The molecule has 0 atom stereocenters. The summed E-state index contributed by atoms with van der Waals surface area (Å²) >= 11 is 4.33. The van der Waals surface area contributed by atoms with Gasteiger partial charge in [-0.05, 0) is 42.1 Å². The van der Waals surface area contributed by atoms with Crippen molar-refractivity contribution in [1.82, 2.24) is 19.7 Å². The zero-order valence-corrected chi connectivity index (χ0v) is 20.3. The van der Waals surface area contributed by atoms with Gasteiger partial charge in [-0.2, -0.15) is 0 Å². The molecule has 4 aromatic rings. The fourth-order valence-electron chi connectivity index (χ4n) is 3.09. The molecule has 0 saturated carbocycles. The Bertz CT molecular complexity index is 1350. The maximum absolute atomic E-state index is 11.4. The molecule has 0 unspecified atom stereocenters. The first-order valence-corrected chi connectivity index (χ1v) is 14.2. The highest BCUT2D eigenvalue weighted by atomic mass is 32.2. The van der Waals surface area contributed by atoms with E-state index in [0.29, 0.717) is 23.6 Å². The van der Waals surface area contributed by atoms with Crippen molar-refractivity contribution in [2.24, 2.45) is 0 Å². The number of aromatic nitrogens is 4. The Balaban J connectivity index is 1.55. The summed E-state index contributed by atoms with van der Waals surface area (Å²) < 4.78 is 26.2. The molecule has 0 bridgehead atoms. The number of sulfone groups is 1. The summed E-state index contributed by atoms with van der Waals surface area (Å²) in [7, 11) is -2.96. The quantitative estimate of drug-likeness (QED) is 0.168. The van der Waals surface area contributed by atoms with Gasteiger partial charge >= 0.3 is 0 Å². The topological polar surface area (TPSA) is 121 Å². The van der Waals surface area contributed by atoms with Crippen molar-refractivity contribution < 1.29 is 13.3 Å². The Kier molecular flexibility index (Phi) is 6.88. The average Bonchev–Trinajstić information content (AvgIpc) is 3.46. The van der Waals surface area contributed by atoms with Gasteiger partial charge in [-0.25, -0.2) is 13.4 Å². The molecule has 0 aliphatic carbocycles. The minimum atomic E-state index is -2.96. The van der Waals surface area contributed by atoms with Crippen LogP contribution in [0.4, 0.5) is 5.69 Å². The highest BCUT2D eigenvalue weighted by Crippen LogP contribution is 2.36. The summed E-state index contributed by atoms with van der Waals surface area (Å²) in [6.07, 6.45) is 3.45. The molecular formula is C19H19N5O4S4. The number of rotatable bonds is 10. The van der Waals surface area contributed by atoms with E-state index in [4.69, 9.17) is 0 Å². The number of nitrogens with zero attached hydrogens (tertiary/aromatic N) is 5. The van der Waals surface area contributed by atoms with Crippen LogP contribution >= 0.6 is 34.4 Å². The van der Waals surface area contributed by atoms with Crippen LogP contribution in [0.3, 0.4) is 0 Å². The van der Waals surface area contributed by atoms with Gasteiger partial charge in [0.15, 0.2) is 15.3 Å². The van der Waals surface area contributed by atoms with Crippen molar-refractivity contribution in [1.29, 1.82) is 0 Å². The van der Waals surface area contributed by atoms with Crippen molar-refractivity contribution in [3.8, 4) is 10.7 Å². The van der Waals surface area contributed by atoms with Crippen molar-refractivity contribution in [3.05, 3.63) is 45.8 Å². The van der Waals surface area contributed by atoms with Crippen LogP contribution in [0.15, 0.2) is 45.2 Å². The Hall–Kier alpha value is -2.35. The molecule has 0 aliphatic rings. The summed E-state index contributed by atoms with van der Waals surface area (Å²) in [6, 6.07) is 8.57. The van der Waals surface area contributed by atoms with E-state index in [0.717, 1.165) is 32.6 Å². The Labute approximate surface area is 196 Å². The van der Waals surface area contributed by atoms with Crippen LogP contribution in [0.1, 0.15) is 19.3 Å². The Morgan fingerprint density at radius 1 is 1.19 bits per heavy atom. The summed E-state index contributed by atoms with van der Waals surface area (Å²) in [5.74, 6) is 0.953. The van der Waals surface area contributed by atoms with Crippen LogP contribution in [-0.4, -0.2) is 45.1 Å². The predicted octanol–water partition coefficient (Wildman–Crippen LogP) is 4.89. The molecule has 0 fully saturated rings. The fourth-order valence-corrected chi connectivity index (χ4v) is 6.60. The van der Waals surface area contributed by atoms with Crippen LogP contribution in [0.25, 0.3) is 20.9 Å². The molecule has 32 heavy (non-hydrogen) atoms. The van der Waals surface area contributed by atoms with Gasteiger partial charge in [0.05, 0.1) is 20.0 Å². The summed E-state index contributed by atoms with van der Waals surface area (Å²) in [5.41, 5.74) is 0.739. The van der Waals surface area contributed by atoms with E-state index in [-0.39, 0.29) is 11.4 Å². The first-order valence-electron chi connectivity index (χ1n) is 9.68. The van der Waals surface area contributed by atoms with E-state index >= 15 is 0 Å². The van der Waals surface area contributed by atoms with Gasteiger partial charge in [-0.15, -0.1) is 32.9 Å². The summed E-state index contributed by atoms with van der Waals surface area (Å²) in [6.45, 7) is 0.655. The number of thiophene rings is 1. The van der Waals surface area contributed by atoms with Gasteiger partial charge in [-0.1, -0.05) is 12.5 Å². The Morgan fingerprint density at radius 3 is 2.75 bits per heavy atom. The fraction of sp³-hybridized carbons (Fsp3) is 0.316. The minimum Gasteiger partial charge on any atom is -0.301 e. The lowest BCUT2D eigenvalue weighted by Crippen LogP contribution is -2.05. The van der Waals surface area contributed by atoms with Gasteiger partial charge in [0.2, 0.25) is 0 Å². The highest BCUT2D eigenvalue weighted by molar-refractivity contribution is 8.01. The molecule has 0 amide bonds. The largest absolute Gasteiger partial charge is 0.301 e. The average molecular weight is 510 g/mol. The molecule has 9 nitrogen and oxygen atoms in total. The van der Waals surface area contributed by atoms with Gasteiger partial charge < -0.3 is 4.57 Å². The van der Waals surface area contributed by atoms with Crippen molar-refractivity contribution >= 4 is 60.2 Å². The van der Waals surface area contributed by atoms with Crippen molar-refractivity contribution in [2.45, 2.75) is 35.3 Å². The molecule has 3 heterocycles. The number of fused-ring (bicyclic) bond motifs is 1. The van der Waals surface area contributed by atoms with E-state index in [9.17, 15) is 18.5 Å². The van der Waals surface area contributed by atoms with Crippen molar-refractivity contribution in [3.63, 3.8) is 0 Å². The minimum absolute atomic E-state index is 0.0370. The van der Waals surface area contributed by atoms with Crippen LogP contribution in [0, 0.1) is 10.1 Å². The maximum atomic E-state index is 11.4. The lowest BCUT2D eigenvalue weighted by Gasteiger charge is -2.08. The lowest BCUT2D eigenvalue weighted by molar-refractivity contribution is -0.384. The predicted molar refractivity (Wildman–Crippen MR) is 127 cm³/mol. The van der Waals surface area contributed by atoms with Crippen LogP contribution in [-0.2, 0) is 16.4 Å². The van der Waals surface area contributed by atoms with Crippen LogP contribution < -0.4 is 0 Å². The number of hydrogen-bond acceptors (Lipinski definition) is 10. The molecule has 0 spiro atoms. The van der Waals surface area contributed by atoms with Gasteiger partial charge in [0.1, 0.15) is 9.84 Å². The number of thiazole rings is 1. The molecule has 3 aromatic heterocycles.